The first-order chi connectivity index (χ1) is 12.7. The van der Waals surface area contributed by atoms with Gasteiger partial charge in [-0.05, 0) is 42.5 Å². The molecule has 8 heteroatoms. The molecule has 1 aliphatic carbocycles. The summed E-state index contributed by atoms with van der Waals surface area (Å²) in [6.45, 7) is 0. The van der Waals surface area contributed by atoms with Gasteiger partial charge in [0.05, 0.1) is 5.41 Å². The van der Waals surface area contributed by atoms with Gasteiger partial charge in [0.2, 0.25) is 11.8 Å². The van der Waals surface area contributed by atoms with Crippen molar-refractivity contribution in [2.45, 2.75) is 31.1 Å². The van der Waals surface area contributed by atoms with Gasteiger partial charge >= 0.3 is 0 Å². The average molecular weight is 348 g/mol. The third-order valence-electron chi connectivity index (χ3n) is 5.31. The van der Waals surface area contributed by atoms with E-state index in [-0.39, 0.29) is 18.2 Å². The molecule has 8 nitrogen and oxygen atoms in total. The molecule has 0 radical (unpaired) electrons. The molecule has 1 fully saturated rings. The van der Waals surface area contributed by atoms with E-state index in [9.17, 15) is 9.59 Å². The predicted octanol–water partition coefficient (Wildman–Crippen LogP) is 1.17. The summed E-state index contributed by atoms with van der Waals surface area (Å²) in [5.41, 5.74) is 4.68. The molecule has 1 atom stereocenters. The molecule has 2 aliphatic rings. The number of anilines is 1. The Morgan fingerprint density at radius 3 is 2.92 bits per heavy atom. The molecule has 0 bridgehead atoms. The highest BCUT2D eigenvalue weighted by Gasteiger charge is 2.50. The van der Waals surface area contributed by atoms with E-state index < -0.39 is 5.41 Å². The second kappa shape index (κ2) is 5.35. The van der Waals surface area contributed by atoms with Crippen molar-refractivity contribution in [3.05, 3.63) is 53.9 Å². The second-order valence-corrected chi connectivity index (χ2v) is 6.76. The molecule has 130 valence electrons. The Morgan fingerprint density at radius 2 is 2.00 bits per heavy atom. The van der Waals surface area contributed by atoms with Crippen molar-refractivity contribution in [3.63, 3.8) is 0 Å². The fraction of sp³-hybridized carbons (Fsp3) is 0.278. The van der Waals surface area contributed by atoms with E-state index in [1.54, 1.807) is 12.1 Å². The number of hydrazine groups is 1. The molecule has 1 unspecified atom stereocenters. The number of hydrogen-bond acceptors (Lipinski definition) is 5. The fourth-order valence-electron chi connectivity index (χ4n) is 4.05. The number of rotatable bonds is 1. The van der Waals surface area contributed by atoms with Crippen molar-refractivity contribution in [1.82, 2.24) is 25.2 Å². The van der Waals surface area contributed by atoms with Crippen molar-refractivity contribution in [1.29, 1.82) is 0 Å². The minimum absolute atomic E-state index is 0.137. The summed E-state index contributed by atoms with van der Waals surface area (Å²) in [5.74, 6) is 0.00530. The van der Waals surface area contributed by atoms with Crippen LogP contribution < -0.4 is 10.4 Å². The van der Waals surface area contributed by atoms with Crippen molar-refractivity contribution < 1.29 is 9.59 Å². The number of aryl methyl sites for hydroxylation is 1. The lowest BCUT2D eigenvalue weighted by molar-refractivity contribution is -0.137. The highest BCUT2D eigenvalue weighted by molar-refractivity contribution is 6.06. The molecule has 26 heavy (non-hydrogen) atoms. The van der Waals surface area contributed by atoms with Crippen molar-refractivity contribution in [3.8, 4) is 0 Å². The number of carbonyl (C=O) groups is 2. The number of amides is 2. The highest BCUT2D eigenvalue weighted by atomic mass is 16.2. The number of nitrogens with zero attached hydrogens (tertiary/aromatic N) is 5. The molecular weight excluding hydrogens is 332 g/mol. The molecule has 0 saturated carbocycles. The molecule has 1 aromatic carbocycles. The smallest absolute Gasteiger partial charge is 0.250 e. The average Bonchev–Trinajstić information content (AvgIpc) is 3.13. The molecule has 3 heterocycles. The zero-order valence-corrected chi connectivity index (χ0v) is 13.9. The number of fused-ring (bicyclic) bond motifs is 3. The number of carbonyl (C=O) groups excluding carboxylic acids is 2. The van der Waals surface area contributed by atoms with E-state index in [2.05, 4.69) is 20.7 Å². The summed E-state index contributed by atoms with van der Waals surface area (Å²) in [7, 11) is 0. The van der Waals surface area contributed by atoms with Gasteiger partial charge in [-0.15, -0.1) is 15.3 Å². The standard InChI is InChI=1S/C18H16N6O2/c25-16-10-18(9-3-5-12-4-1-2-6-13(12)18)17(26)22-24(16)15-8-7-14-20-19-11-23(14)21-15/h1-2,4,6-8,11H,3,5,9-10H2,(H,22,26). The van der Waals surface area contributed by atoms with Gasteiger partial charge in [0.25, 0.3) is 0 Å². The van der Waals surface area contributed by atoms with Gasteiger partial charge in [-0.2, -0.15) is 4.52 Å². The van der Waals surface area contributed by atoms with E-state index in [1.165, 1.54) is 15.9 Å². The van der Waals surface area contributed by atoms with Crippen LogP contribution in [0.5, 0.6) is 0 Å². The molecule has 1 aliphatic heterocycles. The summed E-state index contributed by atoms with van der Waals surface area (Å²) in [6.07, 6.45) is 4.09. The minimum atomic E-state index is -0.789. The first-order valence-electron chi connectivity index (χ1n) is 8.57. The normalized spacial score (nSPS) is 22.5. The maximum absolute atomic E-state index is 13.1. The first-order valence-corrected chi connectivity index (χ1v) is 8.57. The summed E-state index contributed by atoms with van der Waals surface area (Å²) < 4.78 is 1.47. The Kier molecular flexibility index (Phi) is 3.09. The van der Waals surface area contributed by atoms with Crippen LogP contribution in [0.1, 0.15) is 30.4 Å². The van der Waals surface area contributed by atoms with Crippen LogP contribution in [-0.2, 0) is 21.4 Å². The van der Waals surface area contributed by atoms with Crippen LogP contribution in [0, 0.1) is 0 Å². The van der Waals surface area contributed by atoms with Crippen LogP contribution in [0.25, 0.3) is 5.65 Å². The third-order valence-corrected chi connectivity index (χ3v) is 5.31. The lowest BCUT2D eigenvalue weighted by Crippen LogP contribution is -2.62. The van der Waals surface area contributed by atoms with Gasteiger partial charge in [-0.1, -0.05) is 24.3 Å². The van der Waals surface area contributed by atoms with Crippen LogP contribution >= 0.6 is 0 Å². The van der Waals surface area contributed by atoms with Gasteiger partial charge in [0.1, 0.15) is 6.33 Å². The Morgan fingerprint density at radius 1 is 1.12 bits per heavy atom. The lowest BCUT2D eigenvalue weighted by Gasteiger charge is -2.43. The van der Waals surface area contributed by atoms with Gasteiger partial charge in [-0.3, -0.25) is 15.0 Å². The molecule has 2 amide bonds. The van der Waals surface area contributed by atoms with Crippen molar-refractivity contribution >= 4 is 23.3 Å². The van der Waals surface area contributed by atoms with Crippen molar-refractivity contribution in [2.24, 2.45) is 0 Å². The summed E-state index contributed by atoms with van der Waals surface area (Å²) in [4.78, 5) is 26.0. The van der Waals surface area contributed by atoms with Crippen LogP contribution in [0.3, 0.4) is 0 Å². The maximum atomic E-state index is 13.1. The second-order valence-electron chi connectivity index (χ2n) is 6.76. The monoisotopic (exact) mass is 348 g/mol. The van der Waals surface area contributed by atoms with Crippen LogP contribution in [0.15, 0.2) is 42.7 Å². The zero-order valence-electron chi connectivity index (χ0n) is 13.9. The Balaban J connectivity index is 1.53. The Bertz CT molecular complexity index is 1040. The Labute approximate surface area is 148 Å². The zero-order chi connectivity index (χ0) is 17.7. The molecule has 2 aromatic heterocycles. The van der Waals surface area contributed by atoms with Gasteiger partial charge < -0.3 is 0 Å². The predicted molar refractivity (Wildman–Crippen MR) is 92.1 cm³/mol. The topological polar surface area (TPSA) is 92.5 Å². The van der Waals surface area contributed by atoms with Gasteiger partial charge in [-0.25, -0.2) is 5.01 Å². The number of aromatic nitrogens is 4. The van der Waals surface area contributed by atoms with Crippen LogP contribution in [0.2, 0.25) is 0 Å². The first kappa shape index (κ1) is 15.0. The third kappa shape index (κ3) is 2.05. The fourth-order valence-corrected chi connectivity index (χ4v) is 4.05. The summed E-state index contributed by atoms with van der Waals surface area (Å²) in [6, 6.07) is 11.3. The molecule has 1 saturated heterocycles. The SMILES string of the molecule is O=C1CC2(CCCc3ccccc32)C(=O)NN1c1ccc2nncn2n1. The van der Waals surface area contributed by atoms with Crippen molar-refractivity contribution in [2.75, 3.05) is 5.01 Å². The maximum Gasteiger partial charge on any atom is 0.250 e. The quantitative estimate of drug-likeness (QED) is 0.712. The molecule has 5 rings (SSSR count). The Hall–Kier alpha value is -3.29. The summed E-state index contributed by atoms with van der Waals surface area (Å²) in [5, 5.41) is 13.2. The van der Waals surface area contributed by atoms with E-state index in [1.807, 2.05) is 24.3 Å². The largest absolute Gasteiger partial charge is 0.273 e. The van der Waals surface area contributed by atoms with E-state index in [0.717, 1.165) is 24.0 Å². The molecule has 1 N–H and O–H groups in total. The highest BCUT2D eigenvalue weighted by Crippen LogP contribution is 2.42. The van der Waals surface area contributed by atoms with Gasteiger partial charge in [0.15, 0.2) is 11.5 Å². The van der Waals surface area contributed by atoms with E-state index in [0.29, 0.717) is 17.9 Å². The van der Waals surface area contributed by atoms with Gasteiger partial charge in [0, 0.05) is 6.42 Å². The number of nitrogens with one attached hydrogen (secondary N) is 1. The number of benzene rings is 1. The van der Waals surface area contributed by atoms with Crippen LogP contribution in [0.4, 0.5) is 5.82 Å². The minimum Gasteiger partial charge on any atom is -0.273 e. The summed E-state index contributed by atoms with van der Waals surface area (Å²) >= 11 is 0. The number of hydrogen-bond donors (Lipinski definition) is 1. The van der Waals surface area contributed by atoms with E-state index >= 15 is 0 Å². The van der Waals surface area contributed by atoms with Crippen LogP contribution in [-0.4, -0.2) is 31.6 Å². The molecule has 3 aromatic rings. The molecular formula is C18H16N6O2. The molecule has 1 spiro atoms. The van der Waals surface area contributed by atoms with E-state index in [4.69, 9.17) is 0 Å². The lowest BCUT2D eigenvalue weighted by atomic mass is 9.66.